The number of rotatable bonds is 1. The molecule has 0 aliphatic carbocycles. The molecule has 0 amide bonds. The molecule has 4 rings (SSSR count). The first kappa shape index (κ1) is 12.7. The summed E-state index contributed by atoms with van der Waals surface area (Å²) < 4.78 is 1.83. The first-order valence-corrected chi connectivity index (χ1v) is 7.02. The second kappa shape index (κ2) is 4.49. The number of benzene rings is 3. The molecule has 0 fully saturated rings. The van der Waals surface area contributed by atoms with Gasteiger partial charge >= 0.3 is 0 Å². The van der Waals surface area contributed by atoms with Gasteiger partial charge in [-0.05, 0) is 42.5 Å². The topological polar surface area (TPSA) is 58.3 Å². The largest absolute Gasteiger partial charge is 0.508 e. The van der Waals surface area contributed by atoms with Crippen LogP contribution < -0.4 is 0 Å². The van der Waals surface area contributed by atoms with Crippen molar-refractivity contribution in [2.45, 2.75) is 0 Å². The predicted octanol–water partition coefficient (Wildman–Crippen LogP) is 3.80. The number of phenols is 2. The molecule has 1 aromatic heterocycles. The van der Waals surface area contributed by atoms with E-state index in [1.54, 1.807) is 18.2 Å². The van der Waals surface area contributed by atoms with Gasteiger partial charge in [0.15, 0.2) is 0 Å². The van der Waals surface area contributed by atoms with Crippen LogP contribution in [0.4, 0.5) is 0 Å². The fourth-order valence-electron chi connectivity index (χ4n) is 2.95. The standard InChI is InChI=1S/C18H14N2O2/c1-20-18-14-3-2-4-16(22)13(14)9-10-15(18)17(19-20)11-5-7-12(21)8-6-11/h2-10,21-22H,1H3. The van der Waals surface area contributed by atoms with Crippen molar-refractivity contribution in [3.8, 4) is 22.8 Å². The van der Waals surface area contributed by atoms with Crippen molar-refractivity contribution in [2.75, 3.05) is 0 Å². The van der Waals surface area contributed by atoms with Crippen LogP contribution in [0.15, 0.2) is 54.6 Å². The SMILES string of the molecule is Cn1nc(-c2ccc(O)cc2)c2ccc3c(O)cccc3c21. The van der Waals surface area contributed by atoms with Gasteiger partial charge in [-0.3, -0.25) is 4.68 Å². The second-order valence-electron chi connectivity index (χ2n) is 5.35. The van der Waals surface area contributed by atoms with E-state index in [2.05, 4.69) is 5.10 Å². The molecule has 0 saturated heterocycles. The number of hydrogen-bond acceptors (Lipinski definition) is 3. The fourth-order valence-corrected chi connectivity index (χ4v) is 2.95. The lowest BCUT2D eigenvalue weighted by Gasteiger charge is -2.04. The van der Waals surface area contributed by atoms with E-state index in [1.807, 2.05) is 48.1 Å². The molecule has 0 saturated carbocycles. The number of fused-ring (bicyclic) bond motifs is 3. The first-order chi connectivity index (χ1) is 10.6. The van der Waals surface area contributed by atoms with Gasteiger partial charge in [-0.25, -0.2) is 0 Å². The Labute approximate surface area is 126 Å². The molecule has 4 heteroatoms. The molecule has 108 valence electrons. The zero-order valence-electron chi connectivity index (χ0n) is 12.0. The highest BCUT2D eigenvalue weighted by Crippen LogP contribution is 2.35. The van der Waals surface area contributed by atoms with E-state index >= 15 is 0 Å². The summed E-state index contributed by atoms with van der Waals surface area (Å²) in [6.07, 6.45) is 0. The van der Waals surface area contributed by atoms with Crippen molar-refractivity contribution in [1.29, 1.82) is 0 Å². The van der Waals surface area contributed by atoms with Gasteiger partial charge in [-0.2, -0.15) is 5.10 Å². The molecular formula is C18H14N2O2. The smallest absolute Gasteiger partial charge is 0.123 e. The lowest BCUT2D eigenvalue weighted by molar-refractivity contribution is 0.475. The van der Waals surface area contributed by atoms with Crippen molar-refractivity contribution in [1.82, 2.24) is 9.78 Å². The highest BCUT2D eigenvalue weighted by Gasteiger charge is 2.14. The zero-order chi connectivity index (χ0) is 15.3. The Morgan fingerprint density at radius 3 is 2.32 bits per heavy atom. The third kappa shape index (κ3) is 1.74. The summed E-state index contributed by atoms with van der Waals surface area (Å²) in [5.41, 5.74) is 2.79. The Morgan fingerprint density at radius 1 is 0.818 bits per heavy atom. The summed E-state index contributed by atoms with van der Waals surface area (Å²) >= 11 is 0. The molecule has 0 atom stereocenters. The Kier molecular flexibility index (Phi) is 2.60. The van der Waals surface area contributed by atoms with Gasteiger partial charge in [0.1, 0.15) is 17.2 Å². The molecule has 0 unspecified atom stereocenters. The van der Waals surface area contributed by atoms with E-state index in [1.165, 1.54) is 0 Å². The highest BCUT2D eigenvalue weighted by molar-refractivity contribution is 6.11. The second-order valence-corrected chi connectivity index (χ2v) is 5.35. The quantitative estimate of drug-likeness (QED) is 0.560. The third-order valence-electron chi connectivity index (χ3n) is 3.98. The van der Waals surface area contributed by atoms with Crippen molar-refractivity contribution in [2.24, 2.45) is 7.05 Å². The molecule has 4 aromatic rings. The Morgan fingerprint density at radius 2 is 1.55 bits per heavy atom. The summed E-state index contributed by atoms with van der Waals surface area (Å²) in [5, 5.41) is 26.9. The highest BCUT2D eigenvalue weighted by atomic mass is 16.3. The Balaban J connectivity index is 2.09. The van der Waals surface area contributed by atoms with Crippen LogP contribution >= 0.6 is 0 Å². The maximum atomic E-state index is 10.0. The minimum Gasteiger partial charge on any atom is -0.508 e. The molecule has 0 aliphatic heterocycles. The van der Waals surface area contributed by atoms with Crippen LogP contribution in [-0.2, 0) is 7.05 Å². The maximum Gasteiger partial charge on any atom is 0.123 e. The molecule has 0 spiro atoms. The lowest BCUT2D eigenvalue weighted by atomic mass is 10.0. The van der Waals surface area contributed by atoms with Crippen molar-refractivity contribution >= 4 is 21.7 Å². The molecule has 0 aliphatic rings. The number of hydrogen-bond donors (Lipinski definition) is 2. The molecule has 4 nitrogen and oxygen atoms in total. The molecule has 1 heterocycles. The summed E-state index contributed by atoms with van der Waals surface area (Å²) in [5.74, 6) is 0.506. The number of aromatic nitrogens is 2. The average molecular weight is 290 g/mol. The van der Waals surface area contributed by atoms with Gasteiger partial charge in [-0.1, -0.05) is 12.1 Å². The van der Waals surface area contributed by atoms with Crippen LogP contribution in [0.2, 0.25) is 0 Å². The van der Waals surface area contributed by atoms with Crippen LogP contribution in [0.1, 0.15) is 0 Å². The minimum absolute atomic E-state index is 0.236. The van der Waals surface area contributed by atoms with Gasteiger partial charge in [0.05, 0.1) is 5.52 Å². The molecule has 22 heavy (non-hydrogen) atoms. The van der Waals surface area contributed by atoms with Crippen LogP contribution in [0.5, 0.6) is 11.5 Å². The fraction of sp³-hybridized carbons (Fsp3) is 0.0556. The predicted molar refractivity (Wildman–Crippen MR) is 87.0 cm³/mol. The van der Waals surface area contributed by atoms with Gasteiger partial charge in [0.2, 0.25) is 0 Å². The van der Waals surface area contributed by atoms with Crippen LogP contribution in [0.25, 0.3) is 32.9 Å². The van der Waals surface area contributed by atoms with Crippen molar-refractivity contribution in [3.05, 3.63) is 54.6 Å². The van der Waals surface area contributed by atoms with Gasteiger partial charge < -0.3 is 10.2 Å². The lowest BCUT2D eigenvalue weighted by Crippen LogP contribution is -1.90. The molecule has 3 aromatic carbocycles. The van der Waals surface area contributed by atoms with Gasteiger partial charge in [0, 0.05) is 28.8 Å². The summed E-state index contributed by atoms with van der Waals surface area (Å²) in [6, 6.07) is 16.4. The van der Waals surface area contributed by atoms with E-state index < -0.39 is 0 Å². The van der Waals surface area contributed by atoms with E-state index in [0.717, 1.165) is 32.9 Å². The number of nitrogens with zero attached hydrogens (tertiary/aromatic N) is 2. The minimum atomic E-state index is 0.236. The number of phenolic OH excluding ortho intramolecular Hbond substituents is 2. The van der Waals surface area contributed by atoms with Crippen LogP contribution in [-0.4, -0.2) is 20.0 Å². The monoisotopic (exact) mass is 290 g/mol. The van der Waals surface area contributed by atoms with Crippen LogP contribution in [0, 0.1) is 0 Å². The van der Waals surface area contributed by atoms with E-state index in [9.17, 15) is 10.2 Å². The normalized spacial score (nSPS) is 11.3. The molecule has 0 bridgehead atoms. The van der Waals surface area contributed by atoms with E-state index in [0.29, 0.717) is 0 Å². The summed E-state index contributed by atoms with van der Waals surface area (Å²) in [7, 11) is 1.90. The molecule has 0 radical (unpaired) electrons. The molecule has 2 N–H and O–H groups in total. The Hall–Kier alpha value is -3.01. The zero-order valence-corrected chi connectivity index (χ0v) is 12.0. The number of aryl methyl sites for hydroxylation is 1. The van der Waals surface area contributed by atoms with Gasteiger partial charge in [-0.15, -0.1) is 0 Å². The van der Waals surface area contributed by atoms with Crippen molar-refractivity contribution in [3.63, 3.8) is 0 Å². The Bertz CT molecular complexity index is 1000. The number of aromatic hydroxyl groups is 2. The maximum absolute atomic E-state index is 10.0. The average Bonchev–Trinajstić information content (AvgIpc) is 2.86. The summed E-state index contributed by atoms with van der Waals surface area (Å²) in [4.78, 5) is 0. The summed E-state index contributed by atoms with van der Waals surface area (Å²) in [6.45, 7) is 0. The molecular weight excluding hydrogens is 276 g/mol. The first-order valence-electron chi connectivity index (χ1n) is 7.02. The van der Waals surface area contributed by atoms with Crippen molar-refractivity contribution < 1.29 is 10.2 Å². The third-order valence-corrected chi connectivity index (χ3v) is 3.98. The van der Waals surface area contributed by atoms with E-state index in [-0.39, 0.29) is 11.5 Å². The van der Waals surface area contributed by atoms with Gasteiger partial charge in [0.25, 0.3) is 0 Å². The van der Waals surface area contributed by atoms with E-state index in [4.69, 9.17) is 0 Å². The van der Waals surface area contributed by atoms with Crippen LogP contribution in [0.3, 0.4) is 0 Å².